The summed E-state index contributed by atoms with van der Waals surface area (Å²) in [5.74, 6) is 0. The van der Waals surface area contributed by atoms with E-state index >= 15 is 0 Å². The molecule has 9 heavy (non-hydrogen) atoms. The van der Waals surface area contributed by atoms with Gasteiger partial charge in [-0.1, -0.05) is 0 Å². The molecule has 0 bridgehead atoms. The van der Waals surface area contributed by atoms with E-state index in [-0.39, 0.29) is 6.16 Å². The minimum absolute atomic E-state index is 0.0286. The summed E-state index contributed by atoms with van der Waals surface area (Å²) in [5, 5.41) is 0. The van der Waals surface area contributed by atoms with Crippen LogP contribution in [0.3, 0.4) is 0 Å². The van der Waals surface area contributed by atoms with Gasteiger partial charge in [-0.25, -0.2) is 0 Å². The largest absolute Gasteiger partial charge is 0.329 e. The molecule has 0 aromatic carbocycles. The number of hydrogen-bond acceptors (Lipinski definition) is 3. The van der Waals surface area contributed by atoms with Gasteiger partial charge in [0.25, 0.3) is 0 Å². The van der Waals surface area contributed by atoms with Gasteiger partial charge in [0.2, 0.25) is 7.37 Å². The van der Waals surface area contributed by atoms with Crippen molar-refractivity contribution in [2.45, 2.75) is 6.92 Å². The second-order valence-electron chi connectivity index (χ2n) is 1.78. The van der Waals surface area contributed by atoms with E-state index < -0.39 is 7.37 Å². The van der Waals surface area contributed by atoms with Crippen LogP contribution in [0.2, 0.25) is 0 Å². The Hall–Kier alpha value is -0.140. The maximum Gasteiger partial charge on any atom is 0.207 e. The monoisotopic (exact) mass is 150 g/mol. The first-order valence-corrected chi connectivity index (χ1v) is 5.03. The van der Waals surface area contributed by atoms with Crippen molar-refractivity contribution in [2.75, 3.05) is 19.4 Å². The Morgan fingerprint density at radius 3 is 2.56 bits per heavy atom. The van der Waals surface area contributed by atoms with Gasteiger partial charge < -0.3 is 9.32 Å². The molecule has 1 unspecified atom stereocenters. The molecule has 0 saturated carbocycles. The van der Waals surface area contributed by atoms with Crippen molar-refractivity contribution in [3.05, 3.63) is 0 Å². The highest BCUT2D eigenvalue weighted by atomic mass is 31.2. The van der Waals surface area contributed by atoms with E-state index in [1.807, 2.05) is 0 Å². The molecule has 0 spiro atoms. The van der Waals surface area contributed by atoms with Crippen molar-refractivity contribution in [1.82, 2.24) is 0 Å². The Balaban J connectivity index is 3.71. The molecular formula is C5H11O3P. The van der Waals surface area contributed by atoms with Crippen LogP contribution in [0, 0.1) is 0 Å². The summed E-state index contributed by atoms with van der Waals surface area (Å²) >= 11 is 0. The highest BCUT2D eigenvalue weighted by Crippen LogP contribution is 2.40. The quantitative estimate of drug-likeness (QED) is 0.445. The fourth-order valence-corrected chi connectivity index (χ4v) is 1.38. The van der Waals surface area contributed by atoms with Gasteiger partial charge in [-0.3, -0.25) is 4.57 Å². The minimum Gasteiger partial charge on any atom is -0.329 e. The molecule has 0 saturated heterocycles. The van der Waals surface area contributed by atoms with Crippen LogP contribution in [0.4, 0.5) is 0 Å². The van der Waals surface area contributed by atoms with Gasteiger partial charge in [0.05, 0.1) is 12.8 Å². The van der Waals surface area contributed by atoms with Crippen LogP contribution in [0.25, 0.3) is 0 Å². The molecular weight excluding hydrogens is 139 g/mol. The van der Waals surface area contributed by atoms with E-state index in [4.69, 9.17) is 4.52 Å². The molecule has 0 rings (SSSR count). The first kappa shape index (κ1) is 8.86. The molecule has 0 aliphatic carbocycles. The molecule has 0 heterocycles. The Morgan fingerprint density at radius 1 is 1.67 bits per heavy atom. The third-order valence-corrected chi connectivity index (χ3v) is 2.43. The van der Waals surface area contributed by atoms with E-state index in [0.717, 1.165) is 0 Å². The van der Waals surface area contributed by atoms with Crippen molar-refractivity contribution in [3.8, 4) is 0 Å². The summed E-state index contributed by atoms with van der Waals surface area (Å²) in [4.78, 5) is 9.84. The summed E-state index contributed by atoms with van der Waals surface area (Å²) < 4.78 is 15.8. The predicted octanol–water partition coefficient (Wildman–Crippen LogP) is 1.13. The van der Waals surface area contributed by atoms with Crippen molar-refractivity contribution >= 4 is 13.7 Å². The standard InChI is InChI=1S/C5H11O3P/c1-3-8-9(2,7)5-4-6/h4H,3,5H2,1-2H3. The summed E-state index contributed by atoms with van der Waals surface area (Å²) in [7, 11) is -2.56. The summed E-state index contributed by atoms with van der Waals surface area (Å²) in [6.45, 7) is 3.62. The van der Waals surface area contributed by atoms with Gasteiger partial charge in [-0.15, -0.1) is 0 Å². The highest BCUT2D eigenvalue weighted by molar-refractivity contribution is 7.58. The maximum absolute atomic E-state index is 11.0. The molecule has 0 N–H and O–H groups in total. The third-order valence-electron chi connectivity index (χ3n) is 0.808. The van der Waals surface area contributed by atoms with E-state index in [0.29, 0.717) is 12.9 Å². The van der Waals surface area contributed by atoms with Crippen LogP contribution in [0.5, 0.6) is 0 Å². The summed E-state index contributed by atoms with van der Waals surface area (Å²) in [5.41, 5.74) is 0. The summed E-state index contributed by atoms with van der Waals surface area (Å²) in [6.07, 6.45) is 0.650. The zero-order valence-electron chi connectivity index (χ0n) is 5.66. The molecule has 0 amide bonds. The van der Waals surface area contributed by atoms with Crippen molar-refractivity contribution in [1.29, 1.82) is 0 Å². The zero-order valence-corrected chi connectivity index (χ0v) is 6.56. The number of carbonyl (C=O) groups is 1. The minimum atomic E-state index is -2.56. The number of rotatable bonds is 4. The lowest BCUT2D eigenvalue weighted by Gasteiger charge is -2.06. The predicted molar refractivity (Wildman–Crippen MR) is 36.1 cm³/mol. The Morgan fingerprint density at radius 2 is 2.22 bits per heavy atom. The topological polar surface area (TPSA) is 43.4 Å². The van der Waals surface area contributed by atoms with Gasteiger partial charge in [0.15, 0.2) is 0 Å². The van der Waals surface area contributed by atoms with Crippen LogP contribution in [0.1, 0.15) is 6.92 Å². The van der Waals surface area contributed by atoms with Crippen molar-refractivity contribution in [3.63, 3.8) is 0 Å². The third kappa shape index (κ3) is 4.37. The Kier molecular flexibility index (Phi) is 3.75. The van der Waals surface area contributed by atoms with Crippen LogP contribution < -0.4 is 0 Å². The smallest absolute Gasteiger partial charge is 0.207 e. The molecule has 4 heteroatoms. The lowest BCUT2D eigenvalue weighted by atomic mass is 10.9. The molecule has 54 valence electrons. The van der Waals surface area contributed by atoms with Gasteiger partial charge in [0.1, 0.15) is 6.29 Å². The number of aldehydes is 1. The lowest BCUT2D eigenvalue weighted by Crippen LogP contribution is -1.93. The highest BCUT2D eigenvalue weighted by Gasteiger charge is 2.12. The normalized spacial score (nSPS) is 16.7. The molecule has 1 atom stereocenters. The molecule has 0 radical (unpaired) electrons. The van der Waals surface area contributed by atoms with Crippen LogP contribution in [-0.4, -0.2) is 25.7 Å². The average Bonchev–Trinajstić information content (AvgIpc) is 1.64. The van der Waals surface area contributed by atoms with E-state index in [2.05, 4.69) is 0 Å². The SMILES string of the molecule is CCOP(C)(=O)CC=O. The number of carbonyl (C=O) groups excluding carboxylic acids is 1. The molecule has 0 aromatic heterocycles. The van der Waals surface area contributed by atoms with E-state index in [9.17, 15) is 9.36 Å². The molecule has 3 nitrogen and oxygen atoms in total. The van der Waals surface area contributed by atoms with Crippen molar-refractivity contribution < 1.29 is 13.9 Å². The second-order valence-corrected chi connectivity index (χ2v) is 4.43. The van der Waals surface area contributed by atoms with E-state index in [1.165, 1.54) is 6.66 Å². The van der Waals surface area contributed by atoms with Crippen LogP contribution in [-0.2, 0) is 13.9 Å². The molecule has 0 aromatic rings. The summed E-state index contributed by atoms with van der Waals surface area (Å²) in [6, 6.07) is 0. The maximum atomic E-state index is 11.0. The Bertz CT molecular complexity index is 132. The van der Waals surface area contributed by atoms with Gasteiger partial charge >= 0.3 is 0 Å². The molecule has 0 aliphatic rings. The average molecular weight is 150 g/mol. The van der Waals surface area contributed by atoms with Gasteiger partial charge in [0, 0.05) is 6.66 Å². The zero-order chi connectivity index (χ0) is 7.33. The Labute approximate surface area is 54.9 Å². The fourth-order valence-electron chi connectivity index (χ4n) is 0.461. The van der Waals surface area contributed by atoms with Gasteiger partial charge in [-0.05, 0) is 6.92 Å². The number of hydrogen-bond donors (Lipinski definition) is 0. The molecule has 0 aliphatic heterocycles. The first-order chi connectivity index (χ1) is 4.12. The van der Waals surface area contributed by atoms with Crippen LogP contribution in [0.15, 0.2) is 0 Å². The van der Waals surface area contributed by atoms with E-state index in [1.54, 1.807) is 6.92 Å². The molecule has 0 fully saturated rings. The first-order valence-electron chi connectivity index (χ1n) is 2.77. The lowest BCUT2D eigenvalue weighted by molar-refractivity contribution is -0.105. The van der Waals surface area contributed by atoms with Crippen molar-refractivity contribution in [2.24, 2.45) is 0 Å². The van der Waals surface area contributed by atoms with Crippen LogP contribution >= 0.6 is 7.37 Å². The second kappa shape index (κ2) is 3.80. The van der Waals surface area contributed by atoms with Gasteiger partial charge in [-0.2, -0.15) is 0 Å². The fraction of sp³-hybridized carbons (Fsp3) is 0.800.